The lowest BCUT2D eigenvalue weighted by atomic mass is 9.99. The molecule has 0 fully saturated rings. The van der Waals surface area contributed by atoms with Gasteiger partial charge in [0, 0.05) is 6.42 Å². The number of ether oxygens (including phenoxy) is 1. The standard InChI is InChI=1S/C29H23ClFN2O6/c1-39-29(36)26(13-17-5-7-18(8-6-17)19-3-2-4-22(14-19)33(37)38)32-28(35)23-15-20(10-12-27(23)34)21-9-11-25(31)24(30)16-21/h2-12,14-16,26,34,37H,13H2,1H3,(H,32,35)/q-1/t26-/m0/s1. The van der Waals surface area contributed by atoms with Crippen molar-refractivity contribution in [3.63, 3.8) is 0 Å². The molecule has 8 nitrogen and oxygen atoms in total. The maximum atomic E-state index is 13.6. The fraction of sp³-hybridized carbons (Fsp3) is 0.103. The fourth-order valence-corrected chi connectivity index (χ4v) is 4.20. The average molecular weight is 550 g/mol. The van der Waals surface area contributed by atoms with Crippen molar-refractivity contribution in [2.45, 2.75) is 12.5 Å². The van der Waals surface area contributed by atoms with Gasteiger partial charge in [0.15, 0.2) is 0 Å². The summed E-state index contributed by atoms with van der Waals surface area (Å²) in [5.74, 6) is -2.28. The number of carbonyl (C=O) groups is 2. The fourth-order valence-electron chi connectivity index (χ4n) is 4.02. The summed E-state index contributed by atoms with van der Waals surface area (Å²) in [7, 11) is 1.20. The molecule has 39 heavy (non-hydrogen) atoms. The highest BCUT2D eigenvalue weighted by atomic mass is 35.5. The van der Waals surface area contributed by atoms with E-state index < -0.39 is 23.7 Å². The Morgan fingerprint density at radius 3 is 2.28 bits per heavy atom. The Morgan fingerprint density at radius 2 is 1.62 bits per heavy atom. The predicted molar refractivity (Wildman–Crippen MR) is 145 cm³/mol. The highest BCUT2D eigenvalue weighted by molar-refractivity contribution is 6.31. The number of phenols is 1. The quantitative estimate of drug-likeness (QED) is 0.189. The van der Waals surface area contributed by atoms with Crippen LogP contribution in [-0.2, 0) is 16.0 Å². The van der Waals surface area contributed by atoms with Gasteiger partial charge in [-0.25, -0.2) is 9.18 Å². The average Bonchev–Trinajstić information content (AvgIpc) is 2.94. The van der Waals surface area contributed by atoms with Gasteiger partial charge >= 0.3 is 5.97 Å². The molecule has 1 amide bonds. The minimum Gasteiger partial charge on any atom is -0.733 e. The number of halogens is 2. The van der Waals surface area contributed by atoms with Crippen molar-refractivity contribution in [1.29, 1.82) is 0 Å². The number of esters is 1. The van der Waals surface area contributed by atoms with Crippen molar-refractivity contribution in [3.8, 4) is 28.0 Å². The molecule has 0 aliphatic heterocycles. The summed E-state index contributed by atoms with van der Waals surface area (Å²) >= 11 is 5.88. The number of methoxy groups -OCH3 is 1. The van der Waals surface area contributed by atoms with Crippen LogP contribution in [0.2, 0.25) is 5.02 Å². The smallest absolute Gasteiger partial charge is 0.328 e. The second-order valence-electron chi connectivity index (χ2n) is 8.63. The van der Waals surface area contributed by atoms with Gasteiger partial charge < -0.3 is 25.6 Å². The molecule has 0 saturated heterocycles. The van der Waals surface area contributed by atoms with Gasteiger partial charge in [-0.1, -0.05) is 60.1 Å². The third-order valence-electron chi connectivity index (χ3n) is 6.08. The summed E-state index contributed by atoms with van der Waals surface area (Å²) < 4.78 is 18.4. The number of nitrogens with one attached hydrogen (secondary N) is 1. The number of carbonyl (C=O) groups excluding carboxylic acids is 2. The first kappa shape index (κ1) is 27.6. The van der Waals surface area contributed by atoms with E-state index in [2.05, 4.69) is 5.32 Å². The van der Waals surface area contributed by atoms with E-state index in [-0.39, 0.29) is 33.7 Å². The zero-order chi connectivity index (χ0) is 28.1. The SMILES string of the molecule is COC(=O)[C@H](Cc1ccc(-c2cccc(N([O-])O)c2)cc1)NC(=O)c1cc(-c2ccc(F)c(Cl)c2)ccc1O. The molecule has 0 aromatic heterocycles. The Kier molecular flexibility index (Phi) is 8.46. The third-order valence-corrected chi connectivity index (χ3v) is 6.37. The van der Waals surface area contributed by atoms with E-state index in [1.165, 1.54) is 49.6 Å². The zero-order valence-corrected chi connectivity index (χ0v) is 21.4. The van der Waals surface area contributed by atoms with Crippen LogP contribution in [0.5, 0.6) is 5.75 Å². The molecule has 0 radical (unpaired) electrons. The summed E-state index contributed by atoms with van der Waals surface area (Å²) in [6.07, 6.45) is 0.0950. The van der Waals surface area contributed by atoms with Crippen molar-refractivity contribution in [2.75, 3.05) is 12.3 Å². The number of anilines is 1. The molecule has 0 saturated carbocycles. The van der Waals surface area contributed by atoms with E-state index >= 15 is 0 Å². The van der Waals surface area contributed by atoms with Gasteiger partial charge in [0.1, 0.15) is 17.6 Å². The largest absolute Gasteiger partial charge is 0.733 e. The maximum Gasteiger partial charge on any atom is 0.328 e. The summed E-state index contributed by atoms with van der Waals surface area (Å²) in [6.45, 7) is 0. The Hall–Kier alpha value is -4.44. The molecular formula is C29H23ClFN2O6-. The van der Waals surface area contributed by atoms with E-state index in [1.54, 1.807) is 42.5 Å². The van der Waals surface area contributed by atoms with Crippen LogP contribution in [0.25, 0.3) is 22.3 Å². The number of aromatic hydroxyl groups is 1. The van der Waals surface area contributed by atoms with Crippen LogP contribution < -0.4 is 10.5 Å². The molecule has 0 aliphatic carbocycles. The number of benzene rings is 4. The molecule has 1 atom stereocenters. The molecule has 3 N–H and O–H groups in total. The second kappa shape index (κ2) is 12.0. The summed E-state index contributed by atoms with van der Waals surface area (Å²) in [4.78, 5) is 25.6. The lowest BCUT2D eigenvalue weighted by molar-refractivity contribution is -0.142. The van der Waals surface area contributed by atoms with E-state index in [0.29, 0.717) is 22.3 Å². The van der Waals surface area contributed by atoms with Gasteiger partial charge in [-0.05, 0) is 64.2 Å². The number of hydrogen-bond donors (Lipinski definition) is 3. The topological polar surface area (TPSA) is 122 Å². The van der Waals surface area contributed by atoms with Crippen LogP contribution in [0.15, 0.2) is 84.9 Å². The number of amides is 1. The Balaban J connectivity index is 1.53. The molecule has 0 aliphatic rings. The highest BCUT2D eigenvalue weighted by Gasteiger charge is 2.24. The van der Waals surface area contributed by atoms with Gasteiger partial charge in [0.2, 0.25) is 0 Å². The van der Waals surface area contributed by atoms with Gasteiger partial charge in [-0.3, -0.25) is 10.0 Å². The minimum absolute atomic E-state index is 0.0832. The van der Waals surface area contributed by atoms with Crippen molar-refractivity contribution in [1.82, 2.24) is 5.32 Å². The van der Waals surface area contributed by atoms with Crippen LogP contribution in [0.4, 0.5) is 10.1 Å². The van der Waals surface area contributed by atoms with Crippen LogP contribution in [0, 0.1) is 11.0 Å². The van der Waals surface area contributed by atoms with Crippen molar-refractivity contribution < 1.29 is 29.0 Å². The lowest BCUT2D eigenvalue weighted by Gasteiger charge is -2.22. The van der Waals surface area contributed by atoms with Crippen LogP contribution >= 0.6 is 11.6 Å². The van der Waals surface area contributed by atoms with Crippen molar-refractivity contribution in [3.05, 3.63) is 112 Å². The normalized spacial score (nSPS) is 11.5. The molecule has 0 heterocycles. The molecule has 200 valence electrons. The van der Waals surface area contributed by atoms with E-state index in [4.69, 9.17) is 21.5 Å². The van der Waals surface area contributed by atoms with Gasteiger partial charge in [0.05, 0.1) is 23.4 Å². The first-order valence-electron chi connectivity index (χ1n) is 11.7. The number of phenolic OH excluding ortho intramolecular Hbond substituents is 1. The van der Waals surface area contributed by atoms with E-state index in [0.717, 1.165) is 5.56 Å². The first-order valence-corrected chi connectivity index (χ1v) is 12.1. The number of nitrogens with zero attached hydrogens (tertiary/aromatic N) is 1. The first-order chi connectivity index (χ1) is 18.7. The maximum absolute atomic E-state index is 13.6. The molecule has 4 rings (SSSR count). The Bertz CT molecular complexity index is 1510. The molecule has 4 aromatic carbocycles. The molecule has 0 spiro atoms. The van der Waals surface area contributed by atoms with Crippen LogP contribution in [0.3, 0.4) is 0 Å². The minimum atomic E-state index is -1.07. The van der Waals surface area contributed by atoms with Crippen molar-refractivity contribution in [2.24, 2.45) is 0 Å². The monoisotopic (exact) mass is 549 g/mol. The predicted octanol–water partition coefficient (Wildman–Crippen LogP) is 5.73. The second-order valence-corrected chi connectivity index (χ2v) is 9.04. The summed E-state index contributed by atoms with van der Waals surface area (Å²) in [6, 6.07) is 20.8. The Morgan fingerprint density at radius 1 is 0.974 bits per heavy atom. The van der Waals surface area contributed by atoms with E-state index in [9.17, 15) is 24.3 Å². The highest BCUT2D eigenvalue weighted by Crippen LogP contribution is 2.29. The van der Waals surface area contributed by atoms with Gasteiger partial charge in [0.25, 0.3) is 5.91 Å². The van der Waals surface area contributed by atoms with Gasteiger partial charge in [-0.2, -0.15) is 0 Å². The van der Waals surface area contributed by atoms with Gasteiger partial charge in [-0.15, -0.1) is 0 Å². The van der Waals surface area contributed by atoms with Crippen LogP contribution in [0.1, 0.15) is 15.9 Å². The van der Waals surface area contributed by atoms with Crippen LogP contribution in [-0.4, -0.2) is 35.3 Å². The zero-order valence-electron chi connectivity index (χ0n) is 20.6. The number of rotatable bonds is 8. The summed E-state index contributed by atoms with van der Waals surface area (Å²) in [5, 5.41) is 33.0. The Labute approximate surface area is 228 Å². The molecule has 10 heteroatoms. The summed E-state index contributed by atoms with van der Waals surface area (Å²) in [5.41, 5.74) is 3.21. The molecule has 0 bridgehead atoms. The van der Waals surface area contributed by atoms with Crippen molar-refractivity contribution >= 4 is 29.2 Å². The third kappa shape index (κ3) is 6.53. The molecular weight excluding hydrogens is 527 g/mol. The lowest BCUT2D eigenvalue weighted by Crippen LogP contribution is -2.43. The number of hydrogen-bond acceptors (Lipinski definition) is 7. The van der Waals surface area contributed by atoms with E-state index in [1.807, 2.05) is 0 Å². The molecule has 4 aromatic rings. The molecule has 0 unspecified atom stereocenters.